The van der Waals surface area contributed by atoms with Crippen molar-refractivity contribution >= 4 is 62.6 Å². The molecule has 38 heavy (non-hydrogen) atoms. The molecule has 6 rings (SSSR count). The summed E-state index contributed by atoms with van der Waals surface area (Å²) in [6.07, 6.45) is 3.96. The van der Waals surface area contributed by atoms with Gasteiger partial charge < -0.3 is 20.2 Å². The Kier molecular flexibility index (Phi) is 6.91. The quantitative estimate of drug-likeness (QED) is 0.356. The zero-order valence-electron chi connectivity index (χ0n) is 21.5. The van der Waals surface area contributed by atoms with E-state index in [1.165, 1.54) is 24.2 Å². The minimum Gasteiger partial charge on any atom is -0.481 e. The van der Waals surface area contributed by atoms with Crippen LogP contribution in [0, 0.1) is 17.3 Å². The number of anilines is 2. The molecule has 1 aromatic carbocycles. The summed E-state index contributed by atoms with van der Waals surface area (Å²) in [6, 6.07) is 5.86. The van der Waals surface area contributed by atoms with Crippen LogP contribution in [0.1, 0.15) is 51.1 Å². The first-order valence-corrected chi connectivity index (χ1v) is 14.9. The number of carboxylic acid groups (broad SMARTS) is 1. The molecule has 202 valence electrons. The first-order valence-electron chi connectivity index (χ1n) is 13.3. The van der Waals surface area contributed by atoms with Crippen LogP contribution in [0.4, 0.5) is 11.8 Å². The Hall–Kier alpha value is -2.20. The maximum atomic E-state index is 11.5. The van der Waals surface area contributed by atoms with Crippen molar-refractivity contribution in [2.24, 2.45) is 17.3 Å². The second-order valence-corrected chi connectivity index (χ2v) is 13.1. The van der Waals surface area contributed by atoms with E-state index in [-0.39, 0.29) is 6.04 Å². The normalized spacial score (nSPS) is 27.1. The van der Waals surface area contributed by atoms with E-state index in [0.717, 1.165) is 60.9 Å². The van der Waals surface area contributed by atoms with Gasteiger partial charge in [-0.3, -0.25) is 4.79 Å². The molecule has 2 saturated heterocycles. The molecule has 0 bridgehead atoms. The Morgan fingerprint density at radius 3 is 2.74 bits per heavy atom. The van der Waals surface area contributed by atoms with Crippen LogP contribution in [-0.4, -0.2) is 63.1 Å². The summed E-state index contributed by atoms with van der Waals surface area (Å²) in [6.45, 7) is 7.97. The van der Waals surface area contributed by atoms with Gasteiger partial charge in [0.15, 0.2) is 10.6 Å². The van der Waals surface area contributed by atoms with Crippen LogP contribution in [0.2, 0.25) is 10.0 Å². The molecule has 2 atom stereocenters. The van der Waals surface area contributed by atoms with Crippen molar-refractivity contribution < 1.29 is 9.90 Å². The molecule has 0 unspecified atom stereocenters. The summed E-state index contributed by atoms with van der Waals surface area (Å²) in [7, 11) is 0. The number of nitrogens with one attached hydrogen (secondary N) is 1. The van der Waals surface area contributed by atoms with Crippen LogP contribution in [0.3, 0.4) is 0 Å². The van der Waals surface area contributed by atoms with Crippen LogP contribution < -0.4 is 10.2 Å². The van der Waals surface area contributed by atoms with Gasteiger partial charge in [0.25, 0.3) is 0 Å². The fourth-order valence-corrected chi connectivity index (χ4v) is 7.50. The van der Waals surface area contributed by atoms with E-state index in [9.17, 15) is 9.90 Å². The number of hydrogen-bond donors (Lipinski definition) is 2. The van der Waals surface area contributed by atoms with Crippen LogP contribution in [0.15, 0.2) is 23.7 Å². The monoisotopic (exact) mass is 574 g/mol. The third kappa shape index (κ3) is 4.83. The third-order valence-electron chi connectivity index (χ3n) is 8.72. The van der Waals surface area contributed by atoms with Gasteiger partial charge in [0.05, 0.1) is 17.0 Å². The smallest absolute Gasteiger partial charge is 0.309 e. The number of carboxylic acids is 1. The molecule has 8 nitrogen and oxygen atoms in total. The molecule has 2 N–H and O–H groups in total. The molecule has 3 fully saturated rings. The fraction of sp³-hybridized carbons (Fsp3) is 0.556. The lowest BCUT2D eigenvalue weighted by Gasteiger charge is -2.52. The Morgan fingerprint density at radius 2 is 2.00 bits per heavy atom. The number of carbonyl (C=O) groups is 1. The fourth-order valence-electron chi connectivity index (χ4n) is 6.27. The van der Waals surface area contributed by atoms with Crippen LogP contribution in [0.25, 0.3) is 10.3 Å². The van der Waals surface area contributed by atoms with Gasteiger partial charge in [-0.25, -0.2) is 4.98 Å². The van der Waals surface area contributed by atoms with Gasteiger partial charge in [-0.15, -0.1) is 11.3 Å². The molecule has 4 heterocycles. The highest BCUT2D eigenvalue weighted by Crippen LogP contribution is 2.45. The number of rotatable bonds is 7. The molecular weight excluding hydrogens is 543 g/mol. The Morgan fingerprint density at radius 1 is 1.21 bits per heavy atom. The van der Waals surface area contributed by atoms with E-state index < -0.39 is 11.4 Å². The summed E-state index contributed by atoms with van der Waals surface area (Å²) >= 11 is 14.1. The minimum atomic E-state index is -0.658. The maximum Gasteiger partial charge on any atom is 0.309 e. The van der Waals surface area contributed by atoms with Crippen molar-refractivity contribution in [1.82, 2.24) is 19.9 Å². The average molecular weight is 576 g/mol. The van der Waals surface area contributed by atoms with Crippen LogP contribution in [0.5, 0.6) is 0 Å². The zero-order valence-corrected chi connectivity index (χ0v) is 23.9. The molecule has 1 aliphatic carbocycles. The number of aliphatic carboxylic acids is 1. The summed E-state index contributed by atoms with van der Waals surface area (Å²) in [5.41, 5.74) is 2.98. The van der Waals surface area contributed by atoms with Gasteiger partial charge in [-0.1, -0.05) is 29.3 Å². The van der Waals surface area contributed by atoms with E-state index >= 15 is 0 Å². The average Bonchev–Trinajstić information content (AvgIpc) is 3.30. The topological polar surface area (TPSA) is 94.5 Å². The lowest BCUT2D eigenvalue weighted by atomic mass is 9.65. The predicted molar refractivity (Wildman–Crippen MR) is 152 cm³/mol. The Balaban J connectivity index is 1.11. The summed E-state index contributed by atoms with van der Waals surface area (Å²) in [4.78, 5) is 31.4. The SMILES string of the molecule is C[C@@H](Nc1nc(N2CC([C@H]3CCCN(C4CC(C)(C(=O)O)C4)C3)C2)nc2scnc12)c1ccc(Cl)cc1Cl. The molecule has 0 amide bonds. The van der Waals surface area contributed by atoms with Crippen molar-refractivity contribution in [3.05, 3.63) is 39.3 Å². The van der Waals surface area contributed by atoms with Crippen molar-refractivity contribution in [3.8, 4) is 0 Å². The minimum absolute atomic E-state index is 0.0840. The molecule has 2 aromatic heterocycles. The Labute approximate surface area is 236 Å². The zero-order chi connectivity index (χ0) is 26.6. The molecule has 0 spiro atoms. The highest BCUT2D eigenvalue weighted by molar-refractivity contribution is 7.16. The number of piperidine rings is 1. The first kappa shape index (κ1) is 26.0. The molecule has 3 aromatic rings. The van der Waals surface area contributed by atoms with Gasteiger partial charge in [0.1, 0.15) is 5.52 Å². The molecule has 2 aliphatic heterocycles. The summed E-state index contributed by atoms with van der Waals surface area (Å²) < 4.78 is 0. The van der Waals surface area contributed by atoms with Gasteiger partial charge in [0, 0.05) is 35.7 Å². The van der Waals surface area contributed by atoms with Crippen molar-refractivity contribution in [2.45, 2.75) is 51.6 Å². The van der Waals surface area contributed by atoms with Crippen LogP contribution >= 0.6 is 34.5 Å². The van der Waals surface area contributed by atoms with E-state index in [2.05, 4.69) is 20.1 Å². The van der Waals surface area contributed by atoms with E-state index in [4.69, 9.17) is 33.2 Å². The molecule has 11 heteroatoms. The number of hydrogen-bond acceptors (Lipinski definition) is 8. The van der Waals surface area contributed by atoms with E-state index in [0.29, 0.717) is 33.7 Å². The number of fused-ring (bicyclic) bond motifs is 1. The van der Waals surface area contributed by atoms with E-state index in [1.807, 2.05) is 26.0 Å². The first-order chi connectivity index (χ1) is 18.2. The standard InChI is InChI=1S/C27H32Cl2N6O2S/c1-15(20-6-5-18(28)8-21(20)29)31-23-22-24(38-14-30-22)33-26(32-23)35-12-17(13-35)16-4-3-7-34(11-16)19-9-27(2,10-19)25(36)37/h5-6,8,14-17,19H,3-4,7,9-13H2,1-2H3,(H,36,37)(H,31,32,33)/t15-,16+,19?,27?/m1/s1. The number of likely N-dealkylation sites (tertiary alicyclic amines) is 1. The molecular formula is C27H32Cl2N6O2S. The highest BCUT2D eigenvalue weighted by atomic mass is 35.5. The van der Waals surface area contributed by atoms with E-state index in [1.54, 1.807) is 11.6 Å². The molecule has 0 radical (unpaired) electrons. The lowest BCUT2D eigenvalue weighted by Crippen LogP contribution is -2.58. The number of halogens is 2. The van der Waals surface area contributed by atoms with Crippen molar-refractivity contribution in [3.63, 3.8) is 0 Å². The van der Waals surface area contributed by atoms with Gasteiger partial charge >= 0.3 is 5.97 Å². The van der Waals surface area contributed by atoms with Gasteiger partial charge in [-0.2, -0.15) is 9.97 Å². The number of aromatic nitrogens is 3. The third-order valence-corrected chi connectivity index (χ3v) is 10.0. The summed E-state index contributed by atoms with van der Waals surface area (Å²) in [5, 5.41) is 14.2. The second-order valence-electron chi connectivity index (χ2n) is 11.4. The summed E-state index contributed by atoms with van der Waals surface area (Å²) in [5.74, 6) is 2.03. The maximum absolute atomic E-state index is 11.5. The molecule has 1 saturated carbocycles. The number of thiazole rings is 1. The lowest BCUT2D eigenvalue weighted by molar-refractivity contribution is -0.158. The van der Waals surface area contributed by atoms with Gasteiger partial charge in [0.2, 0.25) is 5.95 Å². The second kappa shape index (κ2) is 10.1. The molecule has 3 aliphatic rings. The Bertz CT molecular complexity index is 1360. The van der Waals surface area contributed by atoms with Crippen LogP contribution in [-0.2, 0) is 4.79 Å². The van der Waals surface area contributed by atoms with Gasteiger partial charge in [-0.05, 0) is 75.6 Å². The van der Waals surface area contributed by atoms with Crippen molar-refractivity contribution in [2.75, 3.05) is 36.4 Å². The largest absolute Gasteiger partial charge is 0.481 e. The number of benzene rings is 1. The van der Waals surface area contributed by atoms with Crippen molar-refractivity contribution in [1.29, 1.82) is 0 Å². The number of nitrogens with zero attached hydrogens (tertiary/aromatic N) is 5. The predicted octanol–water partition coefficient (Wildman–Crippen LogP) is 5.97. The highest BCUT2D eigenvalue weighted by Gasteiger charge is 2.49.